The van der Waals surface area contributed by atoms with Crippen LogP contribution in [0.4, 0.5) is 0 Å². The van der Waals surface area contributed by atoms with Crippen molar-refractivity contribution in [1.82, 2.24) is 15.6 Å². The number of halogens is 1. The minimum atomic E-state index is -0.0652. The normalized spacial score (nSPS) is 26.3. The van der Waals surface area contributed by atoms with Crippen molar-refractivity contribution < 1.29 is 13.9 Å². The van der Waals surface area contributed by atoms with Crippen LogP contribution in [0, 0.1) is 0 Å². The molecule has 2 saturated heterocycles. The highest BCUT2D eigenvalue weighted by Gasteiger charge is 2.39. The maximum atomic E-state index is 12.3. The Morgan fingerprint density at radius 1 is 1.50 bits per heavy atom. The lowest BCUT2D eigenvalue weighted by molar-refractivity contribution is 0.0935. The number of nitrogens with one attached hydrogen (secondary N) is 2. The lowest BCUT2D eigenvalue weighted by atomic mass is 9.95. The molecule has 3 atom stereocenters. The second-order valence-electron chi connectivity index (χ2n) is 5.51. The molecule has 2 aliphatic rings. The molecule has 2 bridgehead atoms. The Morgan fingerprint density at radius 2 is 2.41 bits per heavy atom. The van der Waals surface area contributed by atoms with Gasteiger partial charge in [0.15, 0.2) is 5.06 Å². The van der Waals surface area contributed by atoms with Crippen LogP contribution in [-0.4, -0.2) is 29.0 Å². The number of ether oxygens (including phenoxy) is 1. The van der Waals surface area contributed by atoms with E-state index in [9.17, 15) is 4.79 Å². The molecule has 3 unspecified atom stereocenters. The lowest BCUT2D eigenvalue weighted by Crippen LogP contribution is -2.42. The number of carbonyl (C=O) groups excluding carboxylic acids is 1. The number of amides is 1. The van der Waals surface area contributed by atoms with E-state index in [0.717, 1.165) is 12.8 Å². The molecule has 0 aromatic carbocycles. The smallest absolute Gasteiger partial charge is 0.400 e. The average molecular weight is 340 g/mol. The van der Waals surface area contributed by atoms with Crippen molar-refractivity contribution in [3.05, 3.63) is 28.4 Å². The molecule has 0 aliphatic carbocycles. The van der Waals surface area contributed by atoms with Crippen molar-refractivity contribution in [2.45, 2.75) is 37.4 Å². The van der Waals surface area contributed by atoms with E-state index in [-0.39, 0.29) is 23.2 Å². The van der Waals surface area contributed by atoms with Gasteiger partial charge in [-0.15, -0.1) is 0 Å². The number of thiophene rings is 1. The number of oxazole rings is 1. The molecule has 4 heterocycles. The van der Waals surface area contributed by atoms with Gasteiger partial charge in [-0.2, -0.15) is 4.98 Å². The first kappa shape index (κ1) is 14.0. The Hall–Kier alpha value is -1.57. The molecule has 22 heavy (non-hydrogen) atoms. The SMILES string of the molecule is O=C(NC1CC2CCC1N2)c1ccc(Oc2ncc(Cl)o2)s1. The molecule has 2 aromatic rings. The quantitative estimate of drug-likeness (QED) is 0.895. The number of rotatable bonds is 4. The Morgan fingerprint density at radius 3 is 3.09 bits per heavy atom. The first-order chi connectivity index (χ1) is 10.7. The predicted molar refractivity (Wildman–Crippen MR) is 81.7 cm³/mol. The minimum Gasteiger partial charge on any atom is -0.400 e. The first-order valence-electron chi connectivity index (χ1n) is 7.13. The van der Waals surface area contributed by atoms with Crippen LogP contribution in [0.25, 0.3) is 0 Å². The molecule has 1 amide bonds. The maximum absolute atomic E-state index is 12.3. The van der Waals surface area contributed by atoms with E-state index < -0.39 is 0 Å². The van der Waals surface area contributed by atoms with Crippen LogP contribution in [0.3, 0.4) is 0 Å². The highest BCUT2D eigenvalue weighted by molar-refractivity contribution is 7.15. The van der Waals surface area contributed by atoms with Crippen LogP contribution < -0.4 is 15.4 Å². The molecule has 4 rings (SSSR count). The topological polar surface area (TPSA) is 76.4 Å². The minimum absolute atomic E-state index is 0.0652. The lowest BCUT2D eigenvalue weighted by Gasteiger charge is -2.20. The Labute approximate surface area is 135 Å². The van der Waals surface area contributed by atoms with Gasteiger partial charge in [0.1, 0.15) is 0 Å². The molecule has 2 fully saturated rings. The molecule has 0 radical (unpaired) electrons. The highest BCUT2D eigenvalue weighted by atomic mass is 35.5. The van der Waals surface area contributed by atoms with Crippen LogP contribution in [0.1, 0.15) is 28.9 Å². The van der Waals surface area contributed by atoms with Crippen LogP contribution in [-0.2, 0) is 0 Å². The summed E-state index contributed by atoms with van der Waals surface area (Å²) in [7, 11) is 0. The molecule has 0 saturated carbocycles. The van der Waals surface area contributed by atoms with Gasteiger partial charge in [-0.3, -0.25) is 4.79 Å². The van der Waals surface area contributed by atoms with Crippen LogP contribution in [0.15, 0.2) is 22.7 Å². The van der Waals surface area contributed by atoms with Gasteiger partial charge in [0.05, 0.1) is 11.1 Å². The van der Waals surface area contributed by atoms with Crippen molar-refractivity contribution in [3.8, 4) is 11.1 Å². The van der Waals surface area contributed by atoms with E-state index in [1.165, 1.54) is 24.0 Å². The van der Waals surface area contributed by atoms with E-state index in [1.54, 1.807) is 12.1 Å². The van der Waals surface area contributed by atoms with E-state index in [2.05, 4.69) is 15.6 Å². The summed E-state index contributed by atoms with van der Waals surface area (Å²) in [5.41, 5.74) is 0. The molecular formula is C14H14ClN3O3S. The number of aromatic nitrogens is 1. The number of hydrogen-bond acceptors (Lipinski definition) is 6. The molecule has 2 N–H and O–H groups in total. The summed E-state index contributed by atoms with van der Waals surface area (Å²) in [5.74, 6) is -0.0652. The molecule has 6 nitrogen and oxygen atoms in total. The monoisotopic (exact) mass is 339 g/mol. The molecule has 2 aromatic heterocycles. The van der Waals surface area contributed by atoms with E-state index in [0.29, 0.717) is 22.0 Å². The van der Waals surface area contributed by atoms with Gasteiger partial charge in [0.2, 0.25) is 5.22 Å². The molecule has 2 aliphatic heterocycles. The number of hydrogen-bond donors (Lipinski definition) is 2. The predicted octanol–water partition coefficient (Wildman–Crippen LogP) is 2.80. The van der Waals surface area contributed by atoms with Gasteiger partial charge in [0, 0.05) is 18.1 Å². The second-order valence-corrected chi connectivity index (χ2v) is 6.93. The summed E-state index contributed by atoms with van der Waals surface area (Å²) >= 11 is 6.88. The van der Waals surface area contributed by atoms with Crippen molar-refractivity contribution in [3.63, 3.8) is 0 Å². The van der Waals surface area contributed by atoms with Crippen LogP contribution in [0.5, 0.6) is 11.1 Å². The zero-order valence-electron chi connectivity index (χ0n) is 11.5. The van der Waals surface area contributed by atoms with Crippen molar-refractivity contribution in [2.24, 2.45) is 0 Å². The van der Waals surface area contributed by atoms with Crippen molar-refractivity contribution in [2.75, 3.05) is 0 Å². The number of nitrogens with zero attached hydrogens (tertiary/aromatic N) is 1. The third-order valence-electron chi connectivity index (χ3n) is 4.07. The number of fused-ring (bicyclic) bond motifs is 2. The van der Waals surface area contributed by atoms with Gasteiger partial charge < -0.3 is 19.8 Å². The Balaban J connectivity index is 1.39. The summed E-state index contributed by atoms with van der Waals surface area (Å²) in [4.78, 5) is 16.8. The van der Waals surface area contributed by atoms with Gasteiger partial charge >= 0.3 is 6.08 Å². The van der Waals surface area contributed by atoms with Crippen molar-refractivity contribution in [1.29, 1.82) is 0 Å². The third kappa shape index (κ3) is 2.71. The summed E-state index contributed by atoms with van der Waals surface area (Å²) in [6.45, 7) is 0. The fourth-order valence-corrected chi connectivity index (χ4v) is 3.96. The largest absolute Gasteiger partial charge is 0.401 e. The zero-order chi connectivity index (χ0) is 15.1. The Kier molecular flexibility index (Phi) is 3.56. The highest BCUT2D eigenvalue weighted by Crippen LogP contribution is 2.31. The molecule has 116 valence electrons. The Bertz CT molecular complexity index is 701. The number of carbonyl (C=O) groups is 1. The van der Waals surface area contributed by atoms with Crippen LogP contribution >= 0.6 is 22.9 Å². The summed E-state index contributed by atoms with van der Waals surface area (Å²) in [6.07, 6.45) is 4.79. The molecule has 8 heteroatoms. The van der Waals surface area contributed by atoms with Crippen LogP contribution in [0.2, 0.25) is 5.22 Å². The third-order valence-corrected chi connectivity index (χ3v) is 5.20. The fourth-order valence-electron chi connectivity index (χ4n) is 3.09. The summed E-state index contributed by atoms with van der Waals surface area (Å²) in [6, 6.07) is 4.66. The zero-order valence-corrected chi connectivity index (χ0v) is 13.1. The maximum Gasteiger partial charge on any atom is 0.401 e. The molecular weight excluding hydrogens is 326 g/mol. The van der Waals surface area contributed by atoms with E-state index >= 15 is 0 Å². The van der Waals surface area contributed by atoms with Gasteiger partial charge in [-0.05, 0) is 43.0 Å². The standard InChI is InChI=1S/C14H14ClN3O3S/c15-11-6-16-14(20-11)21-12-4-3-10(22-12)13(19)18-9-5-7-1-2-8(9)17-7/h3-4,6-9,17H,1-2,5H2,(H,18,19). The van der Waals surface area contributed by atoms with E-state index in [4.69, 9.17) is 20.8 Å². The summed E-state index contributed by atoms with van der Waals surface area (Å²) < 4.78 is 10.4. The first-order valence-corrected chi connectivity index (χ1v) is 8.33. The van der Waals surface area contributed by atoms with Gasteiger partial charge in [-0.25, -0.2) is 0 Å². The molecule has 0 spiro atoms. The van der Waals surface area contributed by atoms with Gasteiger partial charge in [-0.1, -0.05) is 11.3 Å². The van der Waals surface area contributed by atoms with Gasteiger partial charge in [0.25, 0.3) is 5.91 Å². The summed E-state index contributed by atoms with van der Waals surface area (Å²) in [5, 5.41) is 7.30. The fraction of sp³-hybridized carbons (Fsp3) is 0.429. The second kappa shape index (κ2) is 5.57. The van der Waals surface area contributed by atoms with E-state index in [1.807, 2.05) is 0 Å². The van der Waals surface area contributed by atoms with Crippen molar-refractivity contribution >= 4 is 28.8 Å². The average Bonchev–Trinajstić information content (AvgIpc) is 3.24.